The number of anilines is 1. The third-order valence-electron chi connectivity index (χ3n) is 2.21. The molecule has 1 aromatic heterocycles. The van der Waals surface area contributed by atoms with Crippen LogP contribution >= 0.6 is 23.2 Å². The number of carbonyl (C=O) groups excluding carboxylic acids is 2. The number of para-hydroxylation sites is 1. The molecule has 0 aliphatic rings. The van der Waals surface area contributed by atoms with Gasteiger partial charge in [-0.05, 0) is 12.1 Å². The molecule has 0 saturated heterocycles. The van der Waals surface area contributed by atoms with E-state index >= 15 is 0 Å². The summed E-state index contributed by atoms with van der Waals surface area (Å²) in [7, 11) is 0. The summed E-state index contributed by atoms with van der Waals surface area (Å²) >= 11 is 11.8. The van der Waals surface area contributed by atoms with Gasteiger partial charge in [-0.1, -0.05) is 34.5 Å². The molecule has 2 aromatic rings. The zero-order valence-corrected chi connectivity index (χ0v) is 11.0. The Kier molecular flexibility index (Phi) is 4.13. The van der Waals surface area contributed by atoms with Crippen LogP contribution in [0.15, 0.2) is 24.4 Å². The van der Waals surface area contributed by atoms with Crippen LogP contribution in [0, 0.1) is 0 Å². The second-order valence-corrected chi connectivity index (χ2v) is 4.42. The normalized spacial score (nSPS) is 10.2. The van der Waals surface area contributed by atoms with Gasteiger partial charge in [0.1, 0.15) is 12.2 Å². The van der Waals surface area contributed by atoms with Crippen molar-refractivity contribution in [3.8, 4) is 0 Å². The molecule has 8 heteroatoms. The number of halogens is 2. The third-order valence-corrected chi connectivity index (χ3v) is 2.84. The van der Waals surface area contributed by atoms with Crippen LogP contribution in [0.2, 0.25) is 10.0 Å². The van der Waals surface area contributed by atoms with Crippen LogP contribution in [0.5, 0.6) is 0 Å². The van der Waals surface area contributed by atoms with Gasteiger partial charge in [-0.15, -0.1) is 5.10 Å². The zero-order valence-electron chi connectivity index (χ0n) is 9.51. The van der Waals surface area contributed by atoms with Crippen LogP contribution in [-0.2, 0) is 11.3 Å². The van der Waals surface area contributed by atoms with E-state index in [1.807, 2.05) is 0 Å². The summed E-state index contributed by atoms with van der Waals surface area (Å²) in [5.74, 6) is -0.377. The predicted molar refractivity (Wildman–Crippen MR) is 70.5 cm³/mol. The summed E-state index contributed by atoms with van der Waals surface area (Å²) in [5.41, 5.74) is 0.495. The number of nitrogens with zero attached hydrogens (tertiary/aromatic N) is 3. The lowest BCUT2D eigenvalue weighted by atomic mass is 10.3. The maximum atomic E-state index is 11.8. The summed E-state index contributed by atoms with van der Waals surface area (Å²) in [6.07, 6.45) is 1.91. The first-order valence-corrected chi connectivity index (χ1v) is 5.95. The first-order valence-electron chi connectivity index (χ1n) is 5.19. The van der Waals surface area contributed by atoms with Crippen LogP contribution in [0.4, 0.5) is 5.69 Å². The molecule has 0 unspecified atom stereocenters. The number of benzene rings is 1. The second-order valence-electron chi connectivity index (χ2n) is 3.60. The van der Waals surface area contributed by atoms with Crippen molar-refractivity contribution in [3.63, 3.8) is 0 Å². The molecule has 0 aliphatic carbocycles. The Balaban J connectivity index is 2.07. The molecule has 2 rings (SSSR count). The maximum Gasteiger partial charge on any atom is 0.246 e. The minimum Gasteiger partial charge on any atom is -0.322 e. The highest BCUT2D eigenvalue weighted by Gasteiger charge is 2.11. The van der Waals surface area contributed by atoms with Gasteiger partial charge >= 0.3 is 0 Å². The summed E-state index contributed by atoms with van der Waals surface area (Å²) in [5, 5.41) is 10.4. The van der Waals surface area contributed by atoms with Crippen LogP contribution < -0.4 is 5.32 Å². The molecular formula is C11H8Cl2N4O2. The Hall–Kier alpha value is -1.92. The van der Waals surface area contributed by atoms with Crippen molar-refractivity contribution in [2.45, 2.75) is 6.54 Å². The van der Waals surface area contributed by atoms with Gasteiger partial charge in [0.25, 0.3) is 0 Å². The molecule has 0 radical (unpaired) electrons. The van der Waals surface area contributed by atoms with Gasteiger partial charge < -0.3 is 5.32 Å². The molecule has 0 spiro atoms. The summed E-state index contributed by atoms with van der Waals surface area (Å²) in [6, 6.07) is 4.90. The molecule has 19 heavy (non-hydrogen) atoms. The molecular weight excluding hydrogens is 291 g/mol. The standard InChI is InChI=1S/C11H8Cl2N4O2/c12-8-2-1-3-9(13)11(8)14-10(19)5-17-4-7(6-18)15-16-17/h1-4,6H,5H2,(H,14,19). The Morgan fingerprint density at radius 3 is 2.63 bits per heavy atom. The number of hydrogen-bond acceptors (Lipinski definition) is 4. The molecule has 0 aliphatic heterocycles. The second kappa shape index (κ2) is 5.81. The minimum absolute atomic E-state index is 0.0948. The summed E-state index contributed by atoms with van der Waals surface area (Å²) in [4.78, 5) is 22.2. The Morgan fingerprint density at radius 2 is 2.05 bits per heavy atom. The van der Waals surface area contributed by atoms with E-state index in [2.05, 4.69) is 15.6 Å². The van der Waals surface area contributed by atoms with Crippen molar-refractivity contribution in [1.82, 2.24) is 15.0 Å². The highest BCUT2D eigenvalue weighted by atomic mass is 35.5. The number of amides is 1. The van der Waals surface area contributed by atoms with Crippen molar-refractivity contribution in [2.75, 3.05) is 5.32 Å². The lowest BCUT2D eigenvalue weighted by molar-refractivity contribution is -0.116. The van der Waals surface area contributed by atoms with Crippen molar-refractivity contribution in [3.05, 3.63) is 40.1 Å². The van der Waals surface area contributed by atoms with Crippen molar-refractivity contribution in [1.29, 1.82) is 0 Å². The fraction of sp³-hybridized carbons (Fsp3) is 0.0909. The van der Waals surface area contributed by atoms with E-state index in [9.17, 15) is 9.59 Å². The highest BCUT2D eigenvalue weighted by molar-refractivity contribution is 6.39. The fourth-order valence-electron chi connectivity index (χ4n) is 1.39. The average Bonchev–Trinajstić information content (AvgIpc) is 2.81. The smallest absolute Gasteiger partial charge is 0.246 e. The molecule has 98 valence electrons. The van der Waals surface area contributed by atoms with Gasteiger partial charge in [0.2, 0.25) is 5.91 Å². The average molecular weight is 299 g/mol. The predicted octanol–water partition coefficient (Wildman–Crippen LogP) is 2.04. The Bertz CT molecular complexity index is 607. The van der Waals surface area contributed by atoms with Gasteiger partial charge in [-0.25, -0.2) is 4.68 Å². The van der Waals surface area contributed by atoms with Crippen molar-refractivity contribution >= 4 is 41.1 Å². The van der Waals surface area contributed by atoms with Gasteiger partial charge in [0.15, 0.2) is 6.29 Å². The number of aldehydes is 1. The fourth-order valence-corrected chi connectivity index (χ4v) is 1.88. The van der Waals surface area contributed by atoms with Crippen LogP contribution in [0.25, 0.3) is 0 Å². The lowest BCUT2D eigenvalue weighted by Crippen LogP contribution is -2.19. The van der Waals surface area contributed by atoms with E-state index in [0.29, 0.717) is 22.0 Å². The molecule has 1 aromatic carbocycles. The lowest BCUT2D eigenvalue weighted by Gasteiger charge is -2.08. The van der Waals surface area contributed by atoms with E-state index in [1.54, 1.807) is 18.2 Å². The van der Waals surface area contributed by atoms with Gasteiger partial charge in [0.05, 0.1) is 21.9 Å². The van der Waals surface area contributed by atoms with Gasteiger partial charge in [0, 0.05) is 0 Å². The molecule has 0 saturated carbocycles. The van der Waals surface area contributed by atoms with E-state index in [-0.39, 0.29) is 18.1 Å². The molecule has 0 atom stereocenters. The SMILES string of the molecule is O=Cc1cn(CC(=O)Nc2c(Cl)cccc2Cl)nn1. The van der Waals surface area contributed by atoms with E-state index in [4.69, 9.17) is 23.2 Å². The molecule has 0 bridgehead atoms. The van der Waals surface area contributed by atoms with Crippen molar-refractivity contribution < 1.29 is 9.59 Å². The molecule has 1 heterocycles. The largest absolute Gasteiger partial charge is 0.322 e. The number of carbonyl (C=O) groups is 2. The molecule has 6 nitrogen and oxygen atoms in total. The molecule has 1 amide bonds. The zero-order chi connectivity index (χ0) is 13.8. The van der Waals surface area contributed by atoms with E-state index < -0.39 is 0 Å². The third kappa shape index (κ3) is 3.30. The van der Waals surface area contributed by atoms with Crippen LogP contribution in [0.3, 0.4) is 0 Å². The molecule has 1 N–H and O–H groups in total. The summed E-state index contributed by atoms with van der Waals surface area (Å²) in [6.45, 7) is -0.0948. The van der Waals surface area contributed by atoms with E-state index in [1.165, 1.54) is 10.9 Å². The first kappa shape index (κ1) is 13.5. The van der Waals surface area contributed by atoms with Crippen molar-refractivity contribution in [2.24, 2.45) is 0 Å². The number of aromatic nitrogens is 3. The Morgan fingerprint density at radius 1 is 1.37 bits per heavy atom. The topological polar surface area (TPSA) is 76.9 Å². The summed E-state index contributed by atoms with van der Waals surface area (Å²) < 4.78 is 1.24. The number of hydrogen-bond donors (Lipinski definition) is 1. The number of rotatable bonds is 4. The van der Waals surface area contributed by atoms with Crippen LogP contribution in [0.1, 0.15) is 10.5 Å². The first-order chi connectivity index (χ1) is 9.10. The quantitative estimate of drug-likeness (QED) is 0.876. The monoisotopic (exact) mass is 298 g/mol. The highest BCUT2D eigenvalue weighted by Crippen LogP contribution is 2.29. The Labute approximate surface area is 118 Å². The van der Waals surface area contributed by atoms with Crippen LogP contribution in [-0.4, -0.2) is 27.2 Å². The van der Waals surface area contributed by atoms with Gasteiger partial charge in [-0.3, -0.25) is 9.59 Å². The van der Waals surface area contributed by atoms with Gasteiger partial charge in [-0.2, -0.15) is 0 Å². The number of nitrogens with one attached hydrogen (secondary N) is 1. The minimum atomic E-state index is -0.377. The van der Waals surface area contributed by atoms with E-state index in [0.717, 1.165) is 0 Å². The maximum absolute atomic E-state index is 11.8. The molecule has 0 fully saturated rings.